The average Bonchev–Trinajstić information content (AvgIpc) is 4.05. The van der Waals surface area contributed by atoms with Gasteiger partial charge in [0.1, 0.15) is 0 Å². The summed E-state index contributed by atoms with van der Waals surface area (Å²) in [4.78, 5) is 13.3. The monoisotopic (exact) mass is 784 g/mol. The molecule has 9 unspecified atom stereocenters. The highest BCUT2D eigenvalue weighted by Crippen LogP contribution is 3.01. The molecule has 0 amide bonds. The molecule has 22 rings (SSSR count). The SMILES string of the molecule is COC(=O)CCCC1(c2ccccc2)C23c4c5c6c7c8c4c4c2c2c9c%10c%11c%12cc%13cc%14c%15c%16c(cc(c8c%16c4c4c2c%11c%13c%154)C7C=CC6=C2C=CC4C(C=C%10C%12)C9C13C4C25)C%14. The van der Waals surface area contributed by atoms with Crippen LogP contribution in [-0.2, 0) is 33.2 Å². The number of allylic oxidation sites excluding steroid dienone is 8. The van der Waals surface area contributed by atoms with E-state index in [1.165, 1.54) is 10.9 Å². The minimum absolute atomic E-state index is 0.0281. The van der Waals surface area contributed by atoms with Gasteiger partial charge < -0.3 is 4.74 Å². The van der Waals surface area contributed by atoms with Crippen molar-refractivity contribution < 1.29 is 9.53 Å². The van der Waals surface area contributed by atoms with Gasteiger partial charge >= 0.3 is 5.97 Å². The van der Waals surface area contributed by atoms with Gasteiger partial charge in [-0.25, -0.2) is 0 Å². The van der Waals surface area contributed by atoms with E-state index in [2.05, 4.69) is 78.9 Å². The second kappa shape index (κ2) is 7.55. The predicted octanol–water partition coefficient (Wildman–Crippen LogP) is 12.8. The lowest BCUT2D eigenvalue weighted by molar-refractivity contribution is -0.140. The van der Waals surface area contributed by atoms with E-state index >= 15 is 0 Å². The summed E-state index contributed by atoms with van der Waals surface area (Å²) in [5.41, 5.74) is 24.3. The van der Waals surface area contributed by atoms with E-state index in [1.54, 1.807) is 166 Å². The molecule has 9 atom stereocenters. The summed E-state index contributed by atoms with van der Waals surface area (Å²) < 4.78 is 5.44. The molecule has 2 nitrogen and oxygen atoms in total. The molecule has 2 heteroatoms. The van der Waals surface area contributed by atoms with Crippen molar-refractivity contribution in [3.63, 3.8) is 0 Å². The van der Waals surface area contributed by atoms with Crippen molar-refractivity contribution in [1.29, 1.82) is 0 Å². The lowest BCUT2D eigenvalue weighted by atomic mass is 9.55. The number of carbonyl (C=O) groups excluding carboxylic acids is 1. The molecule has 10 aromatic rings. The lowest BCUT2D eigenvalue weighted by Gasteiger charge is -2.46. The minimum atomic E-state index is -0.179. The van der Waals surface area contributed by atoms with Crippen molar-refractivity contribution >= 4 is 103 Å². The smallest absolute Gasteiger partial charge is 0.305 e. The van der Waals surface area contributed by atoms with E-state index in [4.69, 9.17) is 4.74 Å². The Bertz CT molecular complexity index is 4400. The maximum Gasteiger partial charge on any atom is 0.305 e. The maximum absolute atomic E-state index is 13.3. The zero-order chi connectivity index (χ0) is 38.9. The predicted molar refractivity (Wildman–Crippen MR) is 246 cm³/mol. The summed E-state index contributed by atoms with van der Waals surface area (Å²) >= 11 is 0. The molecular weight excluding hydrogens is 753 g/mol. The number of hydrogen-bond acceptors (Lipinski definition) is 2. The van der Waals surface area contributed by atoms with Crippen molar-refractivity contribution in [3.8, 4) is 0 Å². The topological polar surface area (TPSA) is 26.3 Å². The molecule has 2 fully saturated rings. The van der Waals surface area contributed by atoms with E-state index in [0.717, 1.165) is 25.7 Å². The Hall–Kier alpha value is -6.25. The first-order valence-corrected chi connectivity index (χ1v) is 23.7. The van der Waals surface area contributed by atoms with Crippen LogP contribution in [0.5, 0.6) is 0 Å². The van der Waals surface area contributed by atoms with Gasteiger partial charge in [-0.15, -0.1) is 0 Å². The number of benzene rings is 9. The van der Waals surface area contributed by atoms with Gasteiger partial charge in [-0.3, -0.25) is 4.79 Å². The molecule has 2 saturated carbocycles. The van der Waals surface area contributed by atoms with Crippen LogP contribution in [0.25, 0.3) is 97.3 Å². The molecule has 0 N–H and O–H groups in total. The first-order valence-electron chi connectivity index (χ1n) is 23.7. The number of carbonyl (C=O) groups is 1. The molecule has 284 valence electrons. The first-order chi connectivity index (χ1) is 30.7. The van der Waals surface area contributed by atoms with Gasteiger partial charge in [0.15, 0.2) is 0 Å². The number of rotatable bonds is 5. The Morgan fingerprint density at radius 1 is 0.694 bits per heavy atom. The molecule has 0 radical (unpaired) electrons. The quantitative estimate of drug-likeness (QED) is 0.0987. The van der Waals surface area contributed by atoms with E-state index in [9.17, 15) is 4.79 Å². The number of esters is 1. The Balaban J connectivity index is 1.12. The van der Waals surface area contributed by atoms with E-state index < -0.39 is 0 Å². The Kier molecular flexibility index (Phi) is 3.45. The van der Waals surface area contributed by atoms with Gasteiger partial charge in [0.2, 0.25) is 0 Å². The van der Waals surface area contributed by atoms with Crippen LogP contribution in [-0.4, -0.2) is 13.1 Å². The summed E-state index contributed by atoms with van der Waals surface area (Å²) in [5.74, 6) is 2.45. The van der Waals surface area contributed by atoms with Gasteiger partial charge in [0.25, 0.3) is 0 Å². The number of ether oxygens (including phenoxy) is 1. The van der Waals surface area contributed by atoms with Crippen molar-refractivity contribution in [2.45, 2.75) is 60.7 Å². The molecule has 62 heavy (non-hydrogen) atoms. The van der Waals surface area contributed by atoms with Crippen molar-refractivity contribution in [3.05, 3.63) is 151 Å². The van der Waals surface area contributed by atoms with Crippen LogP contribution in [0.3, 0.4) is 0 Å². The standard InChI is InChI=1S/C60H32O2/c1-62-32(61)8-5-13-58(25-6-3-2-4-7-25)59-54-29-12-11-27-26-9-10-28-30-18-23-16-20-14-22-15-21-17-24-19-31(29)55(59)49-36(24)34(21)43-37(22)42-33(20)35(23)44-40(30)45-38(28)39(26)50(41(27)54)56-51(45)53-48(44)46(42)47(43)52(49)57(53)60(56,58)59/h2-4,6-7,9-12,14-15,18-19,28-29,31,41,54-55H,5,8,13,16-17H2,1H3. The molecule has 0 aromatic heterocycles. The molecule has 0 aliphatic heterocycles. The number of methoxy groups -OCH3 is 1. The van der Waals surface area contributed by atoms with E-state index in [-0.39, 0.29) is 22.2 Å². The van der Waals surface area contributed by atoms with Crippen LogP contribution in [0.1, 0.15) is 104 Å². The third kappa shape index (κ3) is 1.97. The fraction of sp³-hybridized carbons (Fsp3) is 0.250. The average molecular weight is 785 g/mol. The molecule has 10 aromatic carbocycles. The van der Waals surface area contributed by atoms with E-state index in [1.807, 2.05) is 0 Å². The molecule has 12 aliphatic rings. The number of fused-ring (bicyclic) bond motifs is 2. The lowest BCUT2D eigenvalue weighted by Crippen LogP contribution is -2.40. The second-order valence-corrected chi connectivity index (χ2v) is 22.4. The van der Waals surface area contributed by atoms with Gasteiger partial charge in [0.05, 0.1) is 7.11 Å². The highest BCUT2D eigenvalue weighted by molar-refractivity contribution is 6.57. The summed E-state index contributed by atoms with van der Waals surface area (Å²) in [7, 11) is 1.58. The van der Waals surface area contributed by atoms with Crippen LogP contribution < -0.4 is 0 Å². The van der Waals surface area contributed by atoms with Crippen LogP contribution in [0.4, 0.5) is 0 Å². The second-order valence-electron chi connectivity index (χ2n) is 22.4. The summed E-state index contributed by atoms with van der Waals surface area (Å²) in [6, 6.07) is 20.1. The zero-order valence-electron chi connectivity index (χ0n) is 33.8. The normalized spacial score (nSPS) is 33.8. The third-order valence-electron chi connectivity index (χ3n) is 21.7. The molecule has 0 bridgehead atoms. The molecular formula is C60H32O2. The highest BCUT2D eigenvalue weighted by Gasteiger charge is 2.98. The zero-order valence-corrected chi connectivity index (χ0v) is 33.8. The fourth-order valence-electron chi connectivity index (χ4n) is 21.4. The highest BCUT2D eigenvalue weighted by atomic mass is 16.5. The number of hydrogen-bond donors (Lipinski definition) is 0. The largest absolute Gasteiger partial charge is 0.469 e. The van der Waals surface area contributed by atoms with E-state index in [0.29, 0.717) is 41.9 Å². The summed E-state index contributed by atoms with van der Waals surface area (Å²) in [5, 5.41) is 25.9. The van der Waals surface area contributed by atoms with Gasteiger partial charge in [-0.2, -0.15) is 0 Å². The van der Waals surface area contributed by atoms with Crippen LogP contribution in [0, 0.1) is 23.2 Å². The van der Waals surface area contributed by atoms with Crippen molar-refractivity contribution in [2.24, 2.45) is 23.2 Å². The molecule has 2 spiro atoms. The van der Waals surface area contributed by atoms with Gasteiger partial charge in [-0.05, 0) is 213 Å². The molecule has 0 heterocycles. The Morgan fingerprint density at radius 3 is 2.35 bits per heavy atom. The first kappa shape index (κ1) is 28.4. The van der Waals surface area contributed by atoms with Crippen molar-refractivity contribution in [1.82, 2.24) is 0 Å². The van der Waals surface area contributed by atoms with Gasteiger partial charge in [-0.1, -0.05) is 78.9 Å². The van der Waals surface area contributed by atoms with Crippen LogP contribution in [0.2, 0.25) is 0 Å². The molecule has 0 saturated heterocycles. The molecule has 12 aliphatic carbocycles. The Labute approximate surface area is 353 Å². The van der Waals surface area contributed by atoms with Crippen LogP contribution in [0.15, 0.2) is 84.5 Å². The maximum atomic E-state index is 13.3. The summed E-state index contributed by atoms with van der Waals surface area (Å²) in [6.45, 7) is 0. The minimum Gasteiger partial charge on any atom is -0.469 e. The van der Waals surface area contributed by atoms with Crippen molar-refractivity contribution in [2.75, 3.05) is 7.11 Å². The fourth-order valence-corrected chi connectivity index (χ4v) is 21.4. The van der Waals surface area contributed by atoms with Gasteiger partial charge in [0, 0.05) is 40.4 Å². The van der Waals surface area contributed by atoms with Crippen LogP contribution >= 0.6 is 0 Å². The Morgan fingerprint density at radius 2 is 1.47 bits per heavy atom. The third-order valence-corrected chi connectivity index (χ3v) is 21.7. The summed E-state index contributed by atoms with van der Waals surface area (Å²) in [6.07, 6.45) is 18.0.